The molecule has 0 aromatic rings. The van der Waals surface area contributed by atoms with E-state index in [4.69, 9.17) is 0 Å². The van der Waals surface area contributed by atoms with Gasteiger partial charge in [0.15, 0.2) is 0 Å². The second-order valence-corrected chi connectivity index (χ2v) is 5.19. The van der Waals surface area contributed by atoms with Crippen LogP contribution in [0.5, 0.6) is 0 Å². The summed E-state index contributed by atoms with van der Waals surface area (Å²) in [6.45, 7) is 11.1. The summed E-state index contributed by atoms with van der Waals surface area (Å²) in [5, 5.41) is 2.07. The van der Waals surface area contributed by atoms with Gasteiger partial charge in [0.05, 0.1) is 6.17 Å². The van der Waals surface area contributed by atoms with Crippen molar-refractivity contribution in [2.24, 2.45) is 5.41 Å². The van der Waals surface area contributed by atoms with Crippen molar-refractivity contribution in [2.75, 3.05) is 0 Å². The molecular weight excluding hydrogens is 176 g/mol. The highest BCUT2D eigenvalue weighted by Gasteiger charge is 2.32. The van der Waals surface area contributed by atoms with E-state index in [9.17, 15) is 0 Å². The maximum absolute atomic E-state index is 3.43. The standard InChI is InChI=1S/C10H24N4/c1-6-7-8(2)14-12-9(11-13-14)10(3,4)5/h8-9,11-13H,6-7H2,1-5H3. The molecule has 0 radical (unpaired) electrons. The lowest BCUT2D eigenvalue weighted by molar-refractivity contribution is 0.0937. The number of rotatable bonds is 3. The monoisotopic (exact) mass is 200 g/mol. The number of nitrogens with zero attached hydrogens (tertiary/aromatic N) is 1. The zero-order valence-corrected chi connectivity index (χ0v) is 10.0. The molecule has 0 saturated carbocycles. The molecule has 1 aliphatic heterocycles. The van der Waals surface area contributed by atoms with Gasteiger partial charge in [0.2, 0.25) is 0 Å². The summed E-state index contributed by atoms with van der Waals surface area (Å²) in [4.78, 5) is 0. The lowest BCUT2D eigenvalue weighted by atomic mass is 9.93. The zero-order chi connectivity index (χ0) is 10.8. The van der Waals surface area contributed by atoms with Gasteiger partial charge in [-0.05, 0) is 18.8 Å². The Kier molecular flexibility index (Phi) is 3.89. The molecule has 4 nitrogen and oxygen atoms in total. The molecule has 1 saturated heterocycles. The summed E-state index contributed by atoms with van der Waals surface area (Å²) in [6, 6.07) is 0.514. The fourth-order valence-corrected chi connectivity index (χ4v) is 1.53. The molecule has 1 rings (SSSR count). The van der Waals surface area contributed by atoms with Gasteiger partial charge >= 0.3 is 0 Å². The summed E-state index contributed by atoms with van der Waals surface area (Å²) in [6.07, 6.45) is 2.70. The maximum atomic E-state index is 3.43. The third kappa shape index (κ3) is 2.92. The highest BCUT2D eigenvalue weighted by atomic mass is 15.9. The van der Waals surface area contributed by atoms with Crippen LogP contribution in [-0.4, -0.2) is 17.3 Å². The van der Waals surface area contributed by atoms with Gasteiger partial charge < -0.3 is 0 Å². The Morgan fingerprint density at radius 2 is 2.00 bits per heavy atom. The van der Waals surface area contributed by atoms with Crippen LogP contribution in [-0.2, 0) is 0 Å². The molecule has 1 aliphatic rings. The predicted molar refractivity (Wildman–Crippen MR) is 58.9 cm³/mol. The van der Waals surface area contributed by atoms with Crippen LogP contribution in [0.15, 0.2) is 0 Å². The van der Waals surface area contributed by atoms with Crippen molar-refractivity contribution in [3.8, 4) is 0 Å². The van der Waals surface area contributed by atoms with Crippen molar-refractivity contribution >= 4 is 0 Å². The maximum Gasteiger partial charge on any atom is 0.0909 e. The van der Waals surface area contributed by atoms with Crippen LogP contribution in [0.4, 0.5) is 0 Å². The summed E-state index contributed by atoms with van der Waals surface area (Å²) in [5.41, 5.74) is 10.1. The van der Waals surface area contributed by atoms with Crippen LogP contribution in [0.1, 0.15) is 47.5 Å². The van der Waals surface area contributed by atoms with Crippen molar-refractivity contribution in [3.05, 3.63) is 0 Å². The van der Waals surface area contributed by atoms with E-state index < -0.39 is 0 Å². The van der Waals surface area contributed by atoms with Crippen LogP contribution in [0, 0.1) is 5.41 Å². The molecular formula is C10H24N4. The topological polar surface area (TPSA) is 39.3 Å². The van der Waals surface area contributed by atoms with Crippen LogP contribution >= 0.6 is 0 Å². The minimum Gasteiger partial charge on any atom is -0.224 e. The lowest BCUT2D eigenvalue weighted by Crippen LogP contribution is -2.48. The van der Waals surface area contributed by atoms with Gasteiger partial charge in [0.25, 0.3) is 0 Å². The molecule has 0 spiro atoms. The minimum absolute atomic E-state index is 0.216. The SMILES string of the molecule is CCCC(C)N1NNC(C(C)(C)C)N1. The average molecular weight is 200 g/mol. The second kappa shape index (κ2) is 4.57. The van der Waals surface area contributed by atoms with Crippen molar-refractivity contribution in [2.45, 2.75) is 59.7 Å². The largest absolute Gasteiger partial charge is 0.224 e. The second-order valence-electron chi connectivity index (χ2n) is 5.19. The minimum atomic E-state index is 0.216. The molecule has 1 heterocycles. The molecule has 0 bridgehead atoms. The van der Waals surface area contributed by atoms with Crippen LogP contribution < -0.4 is 16.4 Å². The van der Waals surface area contributed by atoms with Crippen molar-refractivity contribution < 1.29 is 0 Å². The number of nitrogens with one attached hydrogen (secondary N) is 3. The third-order valence-electron chi connectivity index (χ3n) is 2.61. The van der Waals surface area contributed by atoms with E-state index >= 15 is 0 Å². The Labute approximate surface area is 87.3 Å². The van der Waals surface area contributed by atoms with Gasteiger partial charge in [-0.15, -0.1) is 0 Å². The van der Waals surface area contributed by atoms with E-state index in [1.54, 1.807) is 0 Å². The first-order valence-electron chi connectivity index (χ1n) is 5.51. The van der Waals surface area contributed by atoms with Crippen LogP contribution in [0.2, 0.25) is 0 Å². The Morgan fingerprint density at radius 3 is 2.43 bits per heavy atom. The van der Waals surface area contributed by atoms with E-state index in [1.807, 2.05) is 0 Å². The zero-order valence-electron chi connectivity index (χ0n) is 10.0. The third-order valence-corrected chi connectivity index (χ3v) is 2.61. The lowest BCUT2D eigenvalue weighted by Gasteiger charge is -2.27. The smallest absolute Gasteiger partial charge is 0.0909 e. The average Bonchev–Trinajstić information content (AvgIpc) is 2.51. The first-order valence-corrected chi connectivity index (χ1v) is 5.51. The number of hydrogen-bond acceptors (Lipinski definition) is 4. The number of hydrazine groups is 3. The van der Waals surface area contributed by atoms with E-state index in [0.717, 1.165) is 0 Å². The van der Waals surface area contributed by atoms with Crippen LogP contribution in [0.25, 0.3) is 0 Å². The van der Waals surface area contributed by atoms with Gasteiger partial charge in [0, 0.05) is 6.04 Å². The van der Waals surface area contributed by atoms with E-state index in [-0.39, 0.29) is 5.41 Å². The van der Waals surface area contributed by atoms with Crippen molar-refractivity contribution in [1.82, 2.24) is 21.5 Å². The quantitative estimate of drug-likeness (QED) is 0.643. The Bertz CT molecular complexity index is 175. The summed E-state index contributed by atoms with van der Waals surface area (Å²) >= 11 is 0. The summed E-state index contributed by atoms with van der Waals surface area (Å²) in [5.74, 6) is 0. The molecule has 0 aromatic heterocycles. The molecule has 4 heteroatoms. The molecule has 3 N–H and O–H groups in total. The van der Waals surface area contributed by atoms with Crippen LogP contribution in [0.3, 0.4) is 0 Å². The predicted octanol–water partition coefficient (Wildman–Crippen LogP) is 1.38. The molecule has 2 unspecified atom stereocenters. The molecule has 1 fully saturated rings. The Balaban J connectivity index is 2.41. The summed E-state index contributed by atoms with van der Waals surface area (Å²) < 4.78 is 0. The van der Waals surface area contributed by atoms with Gasteiger partial charge in [0.1, 0.15) is 0 Å². The van der Waals surface area contributed by atoms with Crippen molar-refractivity contribution in [1.29, 1.82) is 0 Å². The molecule has 0 amide bonds. The molecule has 0 aliphatic carbocycles. The van der Waals surface area contributed by atoms with Gasteiger partial charge in [-0.25, -0.2) is 10.9 Å². The number of hydrogen-bond donors (Lipinski definition) is 3. The van der Waals surface area contributed by atoms with E-state index in [2.05, 4.69) is 56.1 Å². The van der Waals surface area contributed by atoms with Gasteiger partial charge in [-0.2, -0.15) is 10.7 Å². The normalized spacial score (nSPS) is 26.8. The van der Waals surface area contributed by atoms with Gasteiger partial charge in [-0.1, -0.05) is 34.1 Å². The summed E-state index contributed by atoms with van der Waals surface area (Å²) in [7, 11) is 0. The van der Waals surface area contributed by atoms with E-state index in [1.165, 1.54) is 12.8 Å². The molecule has 0 aromatic carbocycles. The highest BCUT2D eigenvalue weighted by Crippen LogP contribution is 2.19. The van der Waals surface area contributed by atoms with Gasteiger partial charge in [-0.3, -0.25) is 0 Å². The first kappa shape index (κ1) is 11.9. The fourth-order valence-electron chi connectivity index (χ4n) is 1.53. The first-order chi connectivity index (χ1) is 6.45. The Hall–Kier alpha value is -0.160. The molecule has 14 heavy (non-hydrogen) atoms. The molecule has 2 atom stereocenters. The van der Waals surface area contributed by atoms with Crippen molar-refractivity contribution in [3.63, 3.8) is 0 Å². The van der Waals surface area contributed by atoms with E-state index in [0.29, 0.717) is 12.2 Å². The fraction of sp³-hybridized carbons (Fsp3) is 1.00. The highest BCUT2D eigenvalue weighted by molar-refractivity contribution is 4.79. The Morgan fingerprint density at radius 1 is 1.36 bits per heavy atom. The molecule has 84 valence electrons.